The number of fused-ring (bicyclic) bond motifs is 8. The quantitative estimate of drug-likeness (QED) is 0.0439. The summed E-state index contributed by atoms with van der Waals surface area (Å²) in [5, 5.41) is 11.3. The summed E-state index contributed by atoms with van der Waals surface area (Å²) in [6, 6.07) is 61.6. The van der Waals surface area contributed by atoms with Crippen LogP contribution in [0.1, 0.15) is 37.5 Å². The normalized spacial score (nSPS) is 11.1. The van der Waals surface area contributed by atoms with E-state index in [9.17, 15) is 0 Å². The highest BCUT2D eigenvalue weighted by molar-refractivity contribution is 6.32. The first kappa shape index (κ1) is 41.2. The van der Waals surface area contributed by atoms with Crippen molar-refractivity contribution in [3.05, 3.63) is 237 Å². The van der Waals surface area contributed by atoms with Gasteiger partial charge in [-0.25, -0.2) is 0 Å². The SMILES string of the molecule is C=CC.C=CC=C.CC.N/N=C(\C=C(/c1ccccc1)c1cccc(-c2cccc(-c3cccc4oc5c6ccccc6c6ccccc6c5c34)c2)c1)c1ccccc1. The second-order valence-corrected chi connectivity index (χ2v) is 13.4. The van der Waals surface area contributed by atoms with Gasteiger partial charge in [0, 0.05) is 21.7 Å². The van der Waals surface area contributed by atoms with Crippen LogP contribution in [0.4, 0.5) is 0 Å². The van der Waals surface area contributed by atoms with Gasteiger partial charge in [-0.3, -0.25) is 0 Å². The average Bonchev–Trinajstić information content (AvgIpc) is 3.72. The number of benzene rings is 8. The van der Waals surface area contributed by atoms with Gasteiger partial charge < -0.3 is 10.3 Å². The molecule has 0 spiro atoms. The number of hydrogen-bond donors (Lipinski definition) is 1. The molecule has 0 saturated heterocycles. The predicted octanol–water partition coefficient (Wildman–Crippen LogP) is 15.6. The van der Waals surface area contributed by atoms with Gasteiger partial charge in [0.25, 0.3) is 0 Å². The number of nitrogens with two attached hydrogens (primary N) is 1. The van der Waals surface area contributed by atoms with Gasteiger partial charge in [-0.05, 0) is 86.3 Å². The Bertz CT molecular complexity index is 2910. The Balaban J connectivity index is 0.000000599. The number of furan rings is 1. The molecule has 8 aromatic carbocycles. The van der Waals surface area contributed by atoms with Gasteiger partial charge in [0.1, 0.15) is 11.2 Å². The highest BCUT2D eigenvalue weighted by atomic mass is 16.3. The Morgan fingerprint density at radius 1 is 0.508 bits per heavy atom. The topological polar surface area (TPSA) is 51.5 Å². The minimum atomic E-state index is 0.720. The van der Waals surface area contributed by atoms with Crippen LogP contribution in [0, 0.1) is 0 Å². The van der Waals surface area contributed by atoms with Crippen molar-refractivity contribution < 1.29 is 4.42 Å². The molecule has 9 aromatic rings. The van der Waals surface area contributed by atoms with Crippen molar-refractivity contribution in [1.29, 1.82) is 0 Å². The minimum Gasteiger partial charge on any atom is -0.455 e. The molecule has 59 heavy (non-hydrogen) atoms. The van der Waals surface area contributed by atoms with Crippen LogP contribution in [0.3, 0.4) is 0 Å². The Morgan fingerprint density at radius 2 is 1.00 bits per heavy atom. The summed E-state index contributed by atoms with van der Waals surface area (Å²) in [4.78, 5) is 0. The number of hydrogen-bond acceptors (Lipinski definition) is 3. The zero-order valence-electron chi connectivity index (χ0n) is 34.1. The van der Waals surface area contributed by atoms with E-state index in [1.165, 1.54) is 16.2 Å². The molecule has 290 valence electrons. The number of allylic oxidation sites excluding steroid dienone is 4. The zero-order valence-corrected chi connectivity index (χ0v) is 34.1. The fourth-order valence-corrected chi connectivity index (χ4v) is 7.31. The summed E-state index contributed by atoms with van der Waals surface area (Å²) < 4.78 is 6.68. The van der Waals surface area contributed by atoms with Crippen LogP contribution in [0.5, 0.6) is 0 Å². The summed E-state index contributed by atoms with van der Waals surface area (Å²) in [6.45, 7) is 16.0. The lowest BCUT2D eigenvalue weighted by atomic mass is 9.91. The summed E-state index contributed by atoms with van der Waals surface area (Å²) in [5.74, 6) is 5.96. The summed E-state index contributed by atoms with van der Waals surface area (Å²) in [6.07, 6.45) is 7.11. The van der Waals surface area contributed by atoms with E-state index in [1.54, 1.807) is 18.2 Å². The lowest BCUT2D eigenvalue weighted by Gasteiger charge is -2.13. The van der Waals surface area contributed by atoms with Crippen molar-refractivity contribution in [3.63, 3.8) is 0 Å². The lowest BCUT2D eigenvalue weighted by molar-refractivity contribution is 0.673. The second-order valence-electron chi connectivity index (χ2n) is 13.4. The standard InChI is InChI=1S/C47H32N2O.C4H6.C3H6.C2H6/c48-49-43(32-16-5-2-6-17-32)30-42(31-14-3-1-4-15-31)36-21-12-19-34(29-36)33-18-11-20-35(28-33)37-26-13-27-44-45(37)46-40-24-9-7-22-38(40)39-23-8-10-25-41(39)47(46)50-44;1-3-4-2;1-3-2;1-2/h1-30H,48H2;3-4H,1-2H2;3H,1H2,2H3;1-2H3/b42-30+,49-43+;;;. The van der Waals surface area contributed by atoms with Crippen LogP contribution >= 0.6 is 0 Å². The fraction of sp³-hybridized carbons (Fsp3) is 0.0536. The summed E-state index contributed by atoms with van der Waals surface area (Å²) >= 11 is 0. The van der Waals surface area contributed by atoms with Crippen molar-refractivity contribution in [3.8, 4) is 22.3 Å². The second kappa shape index (κ2) is 20.1. The molecule has 0 aliphatic heterocycles. The van der Waals surface area contributed by atoms with E-state index in [1.807, 2.05) is 57.2 Å². The molecule has 0 fully saturated rings. The van der Waals surface area contributed by atoms with Gasteiger partial charge in [-0.15, -0.1) is 6.58 Å². The number of rotatable bonds is 7. The van der Waals surface area contributed by atoms with Crippen LogP contribution in [-0.2, 0) is 0 Å². The Morgan fingerprint density at radius 3 is 1.63 bits per heavy atom. The Kier molecular flexibility index (Phi) is 14.0. The smallest absolute Gasteiger partial charge is 0.143 e. The molecule has 3 heteroatoms. The first-order valence-electron chi connectivity index (χ1n) is 20.0. The summed E-state index contributed by atoms with van der Waals surface area (Å²) in [5.41, 5.74) is 11.3. The van der Waals surface area contributed by atoms with E-state index in [4.69, 9.17) is 10.3 Å². The Labute approximate surface area is 348 Å². The van der Waals surface area contributed by atoms with Crippen LogP contribution < -0.4 is 5.84 Å². The molecule has 3 nitrogen and oxygen atoms in total. The third-order valence-corrected chi connectivity index (χ3v) is 9.80. The van der Waals surface area contributed by atoms with E-state index in [0.29, 0.717) is 0 Å². The van der Waals surface area contributed by atoms with E-state index in [0.717, 1.165) is 77.6 Å². The van der Waals surface area contributed by atoms with Gasteiger partial charge in [0.2, 0.25) is 0 Å². The van der Waals surface area contributed by atoms with Crippen LogP contribution in [0.15, 0.2) is 229 Å². The molecule has 0 atom stereocenters. The van der Waals surface area contributed by atoms with Gasteiger partial charge >= 0.3 is 0 Å². The van der Waals surface area contributed by atoms with Gasteiger partial charge in [-0.1, -0.05) is 203 Å². The maximum atomic E-state index is 6.68. The van der Waals surface area contributed by atoms with Crippen molar-refractivity contribution >= 4 is 54.8 Å². The zero-order chi connectivity index (χ0) is 41.6. The number of hydrazone groups is 1. The van der Waals surface area contributed by atoms with Gasteiger partial charge in [-0.2, -0.15) is 5.10 Å². The maximum Gasteiger partial charge on any atom is 0.143 e. The van der Waals surface area contributed by atoms with E-state index >= 15 is 0 Å². The van der Waals surface area contributed by atoms with Gasteiger partial charge in [0.05, 0.1) is 5.71 Å². The first-order chi connectivity index (χ1) is 29.1. The molecule has 0 amide bonds. The van der Waals surface area contributed by atoms with Crippen molar-refractivity contribution in [2.75, 3.05) is 0 Å². The molecule has 0 aliphatic carbocycles. The molecule has 9 rings (SSSR count). The van der Waals surface area contributed by atoms with Crippen LogP contribution in [0.2, 0.25) is 0 Å². The van der Waals surface area contributed by atoms with Crippen LogP contribution in [0.25, 0.3) is 71.3 Å². The van der Waals surface area contributed by atoms with Crippen molar-refractivity contribution in [2.45, 2.75) is 20.8 Å². The minimum absolute atomic E-state index is 0.720. The molecule has 0 saturated carbocycles. The van der Waals surface area contributed by atoms with Crippen LogP contribution in [-0.4, -0.2) is 5.71 Å². The highest BCUT2D eigenvalue weighted by Gasteiger charge is 2.19. The van der Waals surface area contributed by atoms with Gasteiger partial charge in [0.15, 0.2) is 0 Å². The lowest BCUT2D eigenvalue weighted by Crippen LogP contribution is -2.03. The summed E-state index contributed by atoms with van der Waals surface area (Å²) in [7, 11) is 0. The average molecular weight is 767 g/mol. The van der Waals surface area contributed by atoms with E-state index < -0.39 is 0 Å². The monoisotopic (exact) mass is 766 g/mol. The van der Waals surface area contributed by atoms with Crippen molar-refractivity contribution in [2.24, 2.45) is 10.9 Å². The molecular formula is C56H50N2O. The molecule has 0 unspecified atom stereocenters. The Hall–Kier alpha value is -7.49. The molecule has 1 heterocycles. The highest BCUT2D eigenvalue weighted by Crippen LogP contribution is 2.44. The maximum absolute atomic E-state index is 6.68. The molecule has 0 aliphatic rings. The molecular weight excluding hydrogens is 717 g/mol. The van der Waals surface area contributed by atoms with E-state index in [2.05, 4.69) is 170 Å². The molecule has 0 radical (unpaired) electrons. The predicted molar refractivity (Wildman–Crippen MR) is 258 cm³/mol. The number of nitrogens with zero attached hydrogens (tertiary/aromatic N) is 1. The molecule has 0 bridgehead atoms. The fourth-order valence-electron chi connectivity index (χ4n) is 7.31. The van der Waals surface area contributed by atoms with Crippen molar-refractivity contribution in [1.82, 2.24) is 0 Å². The molecule has 1 aromatic heterocycles. The third-order valence-electron chi connectivity index (χ3n) is 9.80. The third kappa shape index (κ3) is 8.91. The molecule has 2 N–H and O–H groups in total. The first-order valence-corrected chi connectivity index (χ1v) is 20.0. The van der Waals surface area contributed by atoms with E-state index in [-0.39, 0.29) is 0 Å². The largest absolute Gasteiger partial charge is 0.455 e.